The van der Waals surface area contributed by atoms with Crippen LogP contribution in [0.5, 0.6) is 17.2 Å². The van der Waals surface area contributed by atoms with Crippen LogP contribution in [0.15, 0.2) is 42.5 Å². The summed E-state index contributed by atoms with van der Waals surface area (Å²) in [5, 5.41) is 3.37. The molecule has 0 radical (unpaired) electrons. The molecule has 0 aromatic heterocycles. The van der Waals surface area contributed by atoms with Gasteiger partial charge in [-0.25, -0.2) is 0 Å². The monoisotopic (exact) mass is 377 g/mol. The molecule has 26 heavy (non-hydrogen) atoms. The fraction of sp³-hybridized carbons (Fsp3) is 0.350. The van der Waals surface area contributed by atoms with Crippen LogP contribution >= 0.6 is 11.6 Å². The largest absolute Gasteiger partial charge is 0.493 e. The number of hydrogen-bond donors (Lipinski definition) is 1. The van der Waals surface area contributed by atoms with Crippen LogP contribution in [-0.4, -0.2) is 32.8 Å². The Bertz CT molecular complexity index is 736. The molecule has 6 heteroatoms. The van der Waals surface area contributed by atoms with Gasteiger partial charge in [-0.2, -0.15) is 0 Å². The first-order valence-electron chi connectivity index (χ1n) is 8.45. The highest BCUT2D eigenvalue weighted by atomic mass is 35.5. The highest BCUT2D eigenvalue weighted by molar-refractivity contribution is 6.32. The minimum absolute atomic E-state index is 0.169. The van der Waals surface area contributed by atoms with Crippen molar-refractivity contribution in [3.8, 4) is 17.2 Å². The zero-order chi connectivity index (χ0) is 18.9. The highest BCUT2D eigenvalue weighted by Gasteiger charge is 2.15. The lowest BCUT2D eigenvalue weighted by molar-refractivity contribution is -0.127. The summed E-state index contributed by atoms with van der Waals surface area (Å²) in [6, 6.07) is 12.9. The molecule has 0 aliphatic carbocycles. The van der Waals surface area contributed by atoms with E-state index >= 15 is 0 Å². The first-order chi connectivity index (χ1) is 12.5. The molecule has 2 rings (SSSR count). The molecule has 5 nitrogen and oxygen atoms in total. The molecule has 2 aromatic carbocycles. The summed E-state index contributed by atoms with van der Waals surface area (Å²) in [7, 11) is 3.22. The minimum atomic E-state index is -0.615. The van der Waals surface area contributed by atoms with E-state index in [0.29, 0.717) is 28.8 Å². The Labute approximate surface area is 159 Å². The predicted molar refractivity (Wildman–Crippen MR) is 102 cm³/mol. The second kappa shape index (κ2) is 9.92. The Morgan fingerprint density at radius 2 is 1.81 bits per heavy atom. The molecule has 1 unspecified atom stereocenters. The number of hydrogen-bond acceptors (Lipinski definition) is 4. The normalized spacial score (nSPS) is 11.5. The third-order valence-electron chi connectivity index (χ3n) is 3.90. The summed E-state index contributed by atoms with van der Waals surface area (Å²) >= 11 is 6.04. The van der Waals surface area contributed by atoms with Gasteiger partial charge in [0.25, 0.3) is 5.91 Å². The van der Waals surface area contributed by atoms with E-state index in [4.69, 9.17) is 25.8 Å². The van der Waals surface area contributed by atoms with Crippen LogP contribution in [0.4, 0.5) is 0 Å². The summed E-state index contributed by atoms with van der Waals surface area (Å²) in [6.07, 6.45) is 1.01. The molecule has 1 amide bonds. The number of carbonyl (C=O) groups excluding carboxylic acids is 1. The highest BCUT2D eigenvalue weighted by Crippen LogP contribution is 2.28. The van der Waals surface area contributed by atoms with Crippen molar-refractivity contribution in [3.63, 3.8) is 0 Å². The lowest BCUT2D eigenvalue weighted by atomic mass is 10.1. The summed E-state index contributed by atoms with van der Waals surface area (Å²) < 4.78 is 16.1. The Kier molecular flexibility index (Phi) is 7.60. The van der Waals surface area contributed by atoms with Crippen LogP contribution in [0.1, 0.15) is 18.9 Å². The number of ether oxygens (including phenoxy) is 3. The number of nitrogens with one attached hydrogen (secondary N) is 1. The van der Waals surface area contributed by atoms with Crippen LogP contribution in [0.3, 0.4) is 0 Å². The number of rotatable bonds is 9. The number of methoxy groups -OCH3 is 2. The number of carbonyl (C=O) groups is 1. The molecule has 0 saturated carbocycles. The molecule has 140 valence electrons. The van der Waals surface area contributed by atoms with Gasteiger partial charge in [-0.05, 0) is 49.6 Å². The first-order valence-corrected chi connectivity index (χ1v) is 8.82. The molecule has 2 aromatic rings. The molecular formula is C20H24ClNO4. The van der Waals surface area contributed by atoms with Gasteiger partial charge >= 0.3 is 0 Å². The molecular weight excluding hydrogens is 354 g/mol. The summed E-state index contributed by atoms with van der Waals surface area (Å²) in [6.45, 7) is 2.26. The first kappa shape index (κ1) is 19.9. The topological polar surface area (TPSA) is 56.8 Å². The quantitative estimate of drug-likeness (QED) is 0.674. The molecule has 0 spiro atoms. The maximum Gasteiger partial charge on any atom is 0.260 e. The molecule has 1 atom stereocenters. The third-order valence-corrected chi connectivity index (χ3v) is 4.21. The summed E-state index contributed by atoms with van der Waals surface area (Å²) in [5.41, 5.74) is 1.12. The summed E-state index contributed by atoms with van der Waals surface area (Å²) in [4.78, 5) is 12.1. The lowest BCUT2D eigenvalue weighted by Crippen LogP contribution is -2.37. The van der Waals surface area contributed by atoms with Gasteiger partial charge in [-0.15, -0.1) is 0 Å². The molecule has 0 aliphatic heterocycles. The Hall–Kier alpha value is -2.40. The third kappa shape index (κ3) is 5.56. The van der Waals surface area contributed by atoms with E-state index < -0.39 is 6.10 Å². The van der Waals surface area contributed by atoms with E-state index in [2.05, 4.69) is 5.32 Å². The van der Waals surface area contributed by atoms with Crippen LogP contribution in [-0.2, 0) is 11.2 Å². The van der Waals surface area contributed by atoms with Gasteiger partial charge in [-0.1, -0.05) is 29.8 Å². The van der Waals surface area contributed by atoms with E-state index in [-0.39, 0.29) is 5.91 Å². The molecule has 1 N–H and O–H groups in total. The molecule has 0 fully saturated rings. The van der Waals surface area contributed by atoms with E-state index in [9.17, 15) is 4.79 Å². The number of halogens is 1. The van der Waals surface area contributed by atoms with E-state index in [0.717, 1.165) is 18.4 Å². The lowest BCUT2D eigenvalue weighted by Gasteiger charge is -2.15. The van der Waals surface area contributed by atoms with Gasteiger partial charge in [0.2, 0.25) is 0 Å². The van der Waals surface area contributed by atoms with Gasteiger partial charge in [0.05, 0.1) is 19.2 Å². The van der Waals surface area contributed by atoms with Crippen molar-refractivity contribution in [2.75, 3.05) is 20.8 Å². The minimum Gasteiger partial charge on any atom is -0.493 e. The van der Waals surface area contributed by atoms with Gasteiger partial charge in [-0.3, -0.25) is 4.79 Å². The zero-order valence-electron chi connectivity index (χ0n) is 15.3. The van der Waals surface area contributed by atoms with E-state index in [1.165, 1.54) is 0 Å². The van der Waals surface area contributed by atoms with Crippen LogP contribution < -0.4 is 19.5 Å². The number of aryl methyl sites for hydroxylation is 1. The summed E-state index contributed by atoms with van der Waals surface area (Å²) in [5.74, 6) is 1.74. The SMILES string of the molecule is COc1ccc(CCCNC(=O)C(C)Oc2ccccc2Cl)cc1OC. The van der Waals surface area contributed by atoms with Crippen molar-refractivity contribution < 1.29 is 19.0 Å². The van der Waals surface area contributed by atoms with E-state index in [1.807, 2.05) is 30.3 Å². The van der Waals surface area contributed by atoms with Crippen molar-refractivity contribution in [2.45, 2.75) is 25.9 Å². The molecule has 0 heterocycles. The molecule has 0 saturated heterocycles. The Morgan fingerprint density at radius 3 is 2.50 bits per heavy atom. The van der Waals surface area contributed by atoms with Crippen LogP contribution in [0, 0.1) is 0 Å². The maximum atomic E-state index is 12.1. The standard InChI is InChI=1S/C20H24ClNO4/c1-14(26-17-9-5-4-8-16(17)21)20(23)22-12-6-7-15-10-11-18(24-2)19(13-15)25-3/h4-5,8-11,13-14H,6-7,12H2,1-3H3,(H,22,23). The van der Waals surface area contributed by atoms with Crippen molar-refractivity contribution in [2.24, 2.45) is 0 Å². The van der Waals surface area contributed by atoms with Crippen molar-refractivity contribution in [1.82, 2.24) is 5.32 Å². The van der Waals surface area contributed by atoms with E-state index in [1.54, 1.807) is 33.3 Å². The second-order valence-corrected chi connectivity index (χ2v) is 6.18. The smallest absolute Gasteiger partial charge is 0.260 e. The zero-order valence-corrected chi connectivity index (χ0v) is 16.0. The fourth-order valence-electron chi connectivity index (χ4n) is 2.47. The average molecular weight is 378 g/mol. The van der Waals surface area contributed by atoms with Crippen molar-refractivity contribution >= 4 is 17.5 Å². The van der Waals surface area contributed by atoms with Gasteiger partial charge in [0.1, 0.15) is 5.75 Å². The average Bonchev–Trinajstić information content (AvgIpc) is 2.66. The van der Waals surface area contributed by atoms with Gasteiger partial charge in [0.15, 0.2) is 17.6 Å². The van der Waals surface area contributed by atoms with Gasteiger partial charge in [0, 0.05) is 6.54 Å². The number of amides is 1. The van der Waals surface area contributed by atoms with Crippen LogP contribution in [0.2, 0.25) is 5.02 Å². The predicted octanol–water partition coefficient (Wildman–Crippen LogP) is 3.87. The van der Waals surface area contributed by atoms with Crippen molar-refractivity contribution in [3.05, 3.63) is 53.1 Å². The molecule has 0 aliphatic rings. The molecule has 0 bridgehead atoms. The fourth-order valence-corrected chi connectivity index (χ4v) is 2.65. The Balaban J connectivity index is 1.77. The maximum absolute atomic E-state index is 12.1. The second-order valence-electron chi connectivity index (χ2n) is 5.77. The number of benzene rings is 2. The van der Waals surface area contributed by atoms with Crippen molar-refractivity contribution in [1.29, 1.82) is 0 Å². The van der Waals surface area contributed by atoms with Gasteiger partial charge < -0.3 is 19.5 Å². The van der Waals surface area contributed by atoms with Crippen LogP contribution in [0.25, 0.3) is 0 Å². The number of para-hydroxylation sites is 1. The Morgan fingerprint density at radius 1 is 1.08 bits per heavy atom.